The smallest absolute Gasteiger partial charge is 0.310 e. The van der Waals surface area contributed by atoms with Crippen molar-refractivity contribution in [1.29, 1.82) is 0 Å². The van der Waals surface area contributed by atoms with Crippen LogP contribution in [0.3, 0.4) is 0 Å². The van der Waals surface area contributed by atoms with E-state index >= 15 is 0 Å². The topological polar surface area (TPSA) is 45.8 Å². The fourth-order valence-corrected chi connectivity index (χ4v) is 0.459. The molecular weight excluding hydrogens is 140 g/mol. The molecule has 0 fully saturated rings. The summed E-state index contributed by atoms with van der Waals surface area (Å²) in [6, 6.07) is 1.74. The van der Waals surface area contributed by atoms with Crippen LogP contribution in [0.15, 0.2) is 17.1 Å². The third kappa shape index (κ3) is 5.33. The molecule has 0 bridgehead atoms. The minimum atomic E-state index is -0.287. The predicted molar refractivity (Wildman–Crippen MR) is 45.6 cm³/mol. The molecule has 0 aliphatic rings. The molecule has 0 unspecified atom stereocenters. The van der Waals surface area contributed by atoms with Gasteiger partial charge in [0.25, 0.3) is 0 Å². The van der Waals surface area contributed by atoms with Gasteiger partial charge in [0.2, 0.25) is 0 Å². The molecule has 3 nitrogen and oxygen atoms in total. The van der Waals surface area contributed by atoms with Crippen LogP contribution in [-0.2, 0) is 0 Å². The fraction of sp³-hybridized carbons (Fsp3) is 0.500. The van der Waals surface area contributed by atoms with E-state index in [1.165, 1.54) is 12.6 Å². The van der Waals surface area contributed by atoms with Crippen LogP contribution in [-0.4, -0.2) is 9.97 Å². The molecule has 62 valence electrons. The predicted octanol–water partition coefficient (Wildman–Crippen LogP) is 1.49. The largest absolute Gasteiger partial charge is 0.345 e. The number of nitrogens with zero attached hydrogens (tertiary/aromatic N) is 1. The summed E-state index contributed by atoms with van der Waals surface area (Å²) in [5, 5.41) is 0. The zero-order valence-corrected chi connectivity index (χ0v) is 7.22. The quantitative estimate of drug-likeness (QED) is 0.615. The maximum atomic E-state index is 10.3. The Bertz CT molecular complexity index is 242. The number of aromatic amines is 1. The molecule has 0 atom stereocenters. The van der Waals surface area contributed by atoms with Crippen LogP contribution in [0.5, 0.6) is 0 Å². The van der Waals surface area contributed by atoms with E-state index in [1.807, 2.05) is 6.92 Å². The third-order valence-corrected chi connectivity index (χ3v) is 0.820. The van der Waals surface area contributed by atoms with Crippen molar-refractivity contribution in [1.82, 2.24) is 9.97 Å². The standard InChI is InChI=1S/C5H6N2O.C3H8/c1-4-2-3-6-5(8)7-4;1-3-2/h2-3H,1H3,(H,6,7,8);3H2,1-2H3. The fourth-order valence-electron chi connectivity index (χ4n) is 0.459. The van der Waals surface area contributed by atoms with Crippen LogP contribution in [0.1, 0.15) is 26.0 Å². The number of aromatic nitrogens is 2. The molecule has 0 radical (unpaired) electrons. The van der Waals surface area contributed by atoms with Gasteiger partial charge >= 0.3 is 5.69 Å². The van der Waals surface area contributed by atoms with Crippen LogP contribution in [0, 0.1) is 6.92 Å². The molecule has 1 aromatic rings. The lowest BCUT2D eigenvalue weighted by Gasteiger charge is -1.84. The van der Waals surface area contributed by atoms with Gasteiger partial charge < -0.3 is 4.98 Å². The molecule has 0 aliphatic carbocycles. The molecule has 1 heterocycles. The summed E-state index contributed by atoms with van der Waals surface area (Å²) in [7, 11) is 0. The third-order valence-electron chi connectivity index (χ3n) is 0.820. The van der Waals surface area contributed by atoms with Crippen LogP contribution in [0.4, 0.5) is 0 Å². The van der Waals surface area contributed by atoms with Crippen molar-refractivity contribution in [3.8, 4) is 0 Å². The molecule has 11 heavy (non-hydrogen) atoms. The Labute approximate surface area is 66.5 Å². The van der Waals surface area contributed by atoms with Gasteiger partial charge in [0.1, 0.15) is 0 Å². The lowest BCUT2D eigenvalue weighted by atomic mass is 10.5. The SMILES string of the molecule is CCC.Cc1ccnc(=O)[nH]1. The molecule has 1 rings (SSSR count). The van der Waals surface area contributed by atoms with Gasteiger partial charge in [0.15, 0.2) is 0 Å². The van der Waals surface area contributed by atoms with E-state index in [0.717, 1.165) is 5.69 Å². The van der Waals surface area contributed by atoms with Crippen LogP contribution < -0.4 is 5.69 Å². The average molecular weight is 154 g/mol. The Morgan fingerprint density at radius 3 is 2.36 bits per heavy atom. The van der Waals surface area contributed by atoms with Crippen LogP contribution in [0.25, 0.3) is 0 Å². The van der Waals surface area contributed by atoms with Crippen molar-refractivity contribution in [2.45, 2.75) is 27.2 Å². The lowest BCUT2D eigenvalue weighted by Crippen LogP contribution is -2.08. The summed E-state index contributed by atoms with van der Waals surface area (Å²) in [4.78, 5) is 16.3. The van der Waals surface area contributed by atoms with Crippen molar-refractivity contribution >= 4 is 0 Å². The Morgan fingerprint density at radius 2 is 2.09 bits per heavy atom. The molecule has 3 heteroatoms. The highest BCUT2D eigenvalue weighted by atomic mass is 16.1. The Hall–Kier alpha value is -1.12. The van der Waals surface area contributed by atoms with Gasteiger partial charge in [-0.1, -0.05) is 20.3 Å². The van der Waals surface area contributed by atoms with Gasteiger partial charge in [0, 0.05) is 11.9 Å². The first-order valence-corrected chi connectivity index (χ1v) is 3.72. The summed E-state index contributed by atoms with van der Waals surface area (Å²) >= 11 is 0. The molecular formula is C8H14N2O. The summed E-state index contributed by atoms with van der Waals surface area (Å²) in [5.41, 5.74) is 0.551. The van der Waals surface area contributed by atoms with E-state index in [0.29, 0.717) is 0 Å². The van der Waals surface area contributed by atoms with E-state index in [-0.39, 0.29) is 5.69 Å². The van der Waals surface area contributed by atoms with Crippen LogP contribution in [0.2, 0.25) is 0 Å². The van der Waals surface area contributed by atoms with Crippen molar-refractivity contribution < 1.29 is 0 Å². The molecule has 1 aromatic heterocycles. The second kappa shape index (κ2) is 5.65. The zero-order valence-electron chi connectivity index (χ0n) is 7.22. The number of aryl methyl sites for hydroxylation is 1. The maximum absolute atomic E-state index is 10.3. The van der Waals surface area contributed by atoms with E-state index < -0.39 is 0 Å². The number of H-pyrrole nitrogens is 1. The van der Waals surface area contributed by atoms with Gasteiger partial charge in [-0.2, -0.15) is 0 Å². The molecule has 0 saturated carbocycles. The van der Waals surface area contributed by atoms with Crippen LogP contribution >= 0.6 is 0 Å². The second-order valence-corrected chi connectivity index (χ2v) is 2.27. The minimum absolute atomic E-state index is 0.287. The highest BCUT2D eigenvalue weighted by Gasteiger charge is 1.80. The summed E-state index contributed by atoms with van der Waals surface area (Å²) in [5.74, 6) is 0. The van der Waals surface area contributed by atoms with Gasteiger partial charge in [-0.3, -0.25) is 0 Å². The van der Waals surface area contributed by atoms with Gasteiger partial charge in [-0.15, -0.1) is 0 Å². The first-order valence-electron chi connectivity index (χ1n) is 3.72. The van der Waals surface area contributed by atoms with Gasteiger partial charge in [0.05, 0.1) is 0 Å². The van der Waals surface area contributed by atoms with E-state index in [2.05, 4.69) is 23.8 Å². The summed E-state index contributed by atoms with van der Waals surface area (Å²) in [6.45, 7) is 6.06. The van der Waals surface area contributed by atoms with Crippen molar-refractivity contribution in [2.75, 3.05) is 0 Å². The monoisotopic (exact) mass is 154 g/mol. The number of rotatable bonds is 0. The normalized spacial score (nSPS) is 8.27. The number of hydrogen-bond acceptors (Lipinski definition) is 2. The summed E-state index contributed by atoms with van der Waals surface area (Å²) in [6.07, 6.45) is 2.73. The minimum Gasteiger partial charge on any atom is -0.310 e. The summed E-state index contributed by atoms with van der Waals surface area (Å²) < 4.78 is 0. The van der Waals surface area contributed by atoms with Crippen molar-refractivity contribution in [3.05, 3.63) is 28.4 Å². The second-order valence-electron chi connectivity index (χ2n) is 2.27. The molecule has 1 N–H and O–H groups in total. The van der Waals surface area contributed by atoms with E-state index in [9.17, 15) is 4.79 Å². The lowest BCUT2D eigenvalue weighted by molar-refractivity contribution is 1.03. The first kappa shape index (κ1) is 9.88. The first-order chi connectivity index (χ1) is 5.20. The van der Waals surface area contributed by atoms with E-state index in [1.54, 1.807) is 6.07 Å². The molecule has 0 amide bonds. The van der Waals surface area contributed by atoms with Crippen molar-refractivity contribution in [3.63, 3.8) is 0 Å². The molecule has 0 saturated heterocycles. The highest BCUT2D eigenvalue weighted by Crippen LogP contribution is 1.78. The van der Waals surface area contributed by atoms with Gasteiger partial charge in [-0.05, 0) is 13.0 Å². The Balaban J connectivity index is 0.000000292. The number of hydrogen-bond donors (Lipinski definition) is 1. The molecule has 0 spiro atoms. The maximum Gasteiger partial charge on any atom is 0.345 e. The highest BCUT2D eigenvalue weighted by molar-refractivity contribution is 4.92. The van der Waals surface area contributed by atoms with Crippen molar-refractivity contribution in [2.24, 2.45) is 0 Å². The average Bonchev–Trinajstić information content (AvgIpc) is 1.88. The van der Waals surface area contributed by atoms with E-state index in [4.69, 9.17) is 0 Å². The molecule has 0 aromatic carbocycles. The van der Waals surface area contributed by atoms with Gasteiger partial charge in [-0.25, -0.2) is 9.78 Å². The molecule has 0 aliphatic heterocycles. The zero-order chi connectivity index (χ0) is 8.69. The Kier molecular flexibility index (Phi) is 5.07. The number of nitrogens with one attached hydrogen (secondary N) is 1. The Morgan fingerprint density at radius 1 is 1.55 bits per heavy atom.